The van der Waals surface area contributed by atoms with Crippen molar-refractivity contribution < 1.29 is 9.59 Å². The van der Waals surface area contributed by atoms with Crippen molar-refractivity contribution in [1.29, 1.82) is 0 Å². The minimum atomic E-state index is -0.268. The average Bonchev–Trinajstić information content (AvgIpc) is 2.28. The number of hydrogen-bond acceptors (Lipinski definition) is 2. The molecule has 0 aliphatic rings. The maximum atomic E-state index is 11.7. The lowest BCUT2D eigenvalue weighted by Crippen LogP contribution is -2.23. The van der Waals surface area contributed by atoms with Crippen LogP contribution in [0.25, 0.3) is 0 Å². The molecule has 0 spiro atoms. The number of benzene rings is 1. The zero-order valence-corrected chi connectivity index (χ0v) is 11.6. The van der Waals surface area contributed by atoms with Crippen LogP contribution in [0.2, 0.25) is 0 Å². The first-order valence-corrected chi connectivity index (χ1v) is 6.10. The van der Waals surface area contributed by atoms with Gasteiger partial charge in [0.25, 0.3) is 5.91 Å². The van der Waals surface area contributed by atoms with Gasteiger partial charge in [-0.15, -0.1) is 0 Å². The van der Waals surface area contributed by atoms with Gasteiger partial charge in [-0.2, -0.15) is 0 Å². The standard InChI is InChI=1S/C12H15BrN2O2/c1-8(13)11(16)14-10-6-4-5-9(7-10)12(17)15(2)3/h4-8H,1-3H3,(H,14,16). The number of amides is 2. The van der Waals surface area contributed by atoms with E-state index in [0.29, 0.717) is 11.3 Å². The highest BCUT2D eigenvalue weighted by atomic mass is 79.9. The fraction of sp³-hybridized carbons (Fsp3) is 0.333. The topological polar surface area (TPSA) is 49.4 Å². The summed E-state index contributed by atoms with van der Waals surface area (Å²) in [6.07, 6.45) is 0. The highest BCUT2D eigenvalue weighted by molar-refractivity contribution is 9.10. The van der Waals surface area contributed by atoms with Gasteiger partial charge in [0.2, 0.25) is 5.91 Å². The SMILES string of the molecule is CC(Br)C(=O)Nc1cccc(C(=O)N(C)C)c1. The van der Waals surface area contributed by atoms with Gasteiger partial charge >= 0.3 is 0 Å². The van der Waals surface area contributed by atoms with Gasteiger partial charge in [-0.05, 0) is 25.1 Å². The van der Waals surface area contributed by atoms with E-state index in [2.05, 4.69) is 21.2 Å². The van der Waals surface area contributed by atoms with Gasteiger partial charge in [0, 0.05) is 25.3 Å². The molecule has 1 N–H and O–H groups in total. The van der Waals surface area contributed by atoms with Gasteiger partial charge < -0.3 is 10.2 Å². The van der Waals surface area contributed by atoms with E-state index in [1.807, 2.05) is 0 Å². The predicted octanol–water partition coefficient (Wildman–Crippen LogP) is 2.11. The van der Waals surface area contributed by atoms with Crippen LogP contribution in [-0.4, -0.2) is 35.6 Å². The number of nitrogens with zero attached hydrogens (tertiary/aromatic N) is 1. The summed E-state index contributed by atoms with van der Waals surface area (Å²) < 4.78 is 0. The Morgan fingerprint density at radius 1 is 1.35 bits per heavy atom. The van der Waals surface area contributed by atoms with Crippen LogP contribution in [0, 0.1) is 0 Å². The molecule has 92 valence electrons. The van der Waals surface area contributed by atoms with Gasteiger partial charge in [0.1, 0.15) is 0 Å². The van der Waals surface area contributed by atoms with Crippen LogP contribution in [0.15, 0.2) is 24.3 Å². The van der Waals surface area contributed by atoms with Crippen molar-refractivity contribution >= 4 is 33.4 Å². The number of carbonyl (C=O) groups excluding carboxylic acids is 2. The molecule has 1 aromatic rings. The van der Waals surface area contributed by atoms with Crippen LogP contribution in [0.3, 0.4) is 0 Å². The van der Waals surface area contributed by atoms with Crippen LogP contribution < -0.4 is 5.32 Å². The Morgan fingerprint density at radius 2 is 2.00 bits per heavy atom. The number of carbonyl (C=O) groups is 2. The van der Waals surface area contributed by atoms with Crippen LogP contribution in [-0.2, 0) is 4.79 Å². The first kappa shape index (κ1) is 13.7. The Balaban J connectivity index is 2.86. The van der Waals surface area contributed by atoms with Crippen molar-refractivity contribution in [1.82, 2.24) is 4.90 Å². The highest BCUT2D eigenvalue weighted by Crippen LogP contribution is 2.13. The van der Waals surface area contributed by atoms with Crippen molar-refractivity contribution in [2.45, 2.75) is 11.8 Å². The lowest BCUT2D eigenvalue weighted by atomic mass is 10.2. The summed E-state index contributed by atoms with van der Waals surface area (Å²) in [5.74, 6) is -0.229. The molecule has 1 unspecified atom stereocenters. The second-order valence-corrected chi connectivity index (χ2v) is 5.26. The molecule has 0 aliphatic carbocycles. The fourth-order valence-electron chi connectivity index (χ4n) is 1.23. The maximum Gasteiger partial charge on any atom is 0.253 e. The Morgan fingerprint density at radius 3 is 2.53 bits per heavy atom. The molecular formula is C12H15BrN2O2. The summed E-state index contributed by atoms with van der Waals surface area (Å²) in [6, 6.07) is 6.87. The quantitative estimate of drug-likeness (QED) is 0.869. The molecule has 0 radical (unpaired) electrons. The molecule has 0 saturated heterocycles. The lowest BCUT2D eigenvalue weighted by molar-refractivity contribution is -0.115. The molecule has 0 heterocycles. The summed E-state index contributed by atoms with van der Waals surface area (Å²) in [4.78, 5) is 24.4. The van der Waals surface area contributed by atoms with Gasteiger partial charge in [0.05, 0.1) is 4.83 Å². The third-order valence-corrected chi connectivity index (χ3v) is 2.56. The normalized spacial score (nSPS) is 11.8. The second-order valence-electron chi connectivity index (χ2n) is 3.89. The van der Waals surface area contributed by atoms with E-state index in [4.69, 9.17) is 0 Å². The third kappa shape index (κ3) is 3.85. The molecule has 0 bridgehead atoms. The minimum absolute atomic E-state index is 0.0898. The van der Waals surface area contributed by atoms with E-state index >= 15 is 0 Å². The van der Waals surface area contributed by atoms with Crippen LogP contribution >= 0.6 is 15.9 Å². The van der Waals surface area contributed by atoms with Gasteiger partial charge in [-0.25, -0.2) is 0 Å². The minimum Gasteiger partial charge on any atom is -0.345 e. The summed E-state index contributed by atoms with van der Waals surface area (Å²) in [5.41, 5.74) is 1.17. The maximum absolute atomic E-state index is 11.7. The zero-order chi connectivity index (χ0) is 13.0. The molecule has 5 heteroatoms. The van der Waals surface area contributed by atoms with E-state index < -0.39 is 0 Å². The van der Waals surface area contributed by atoms with Crippen molar-refractivity contribution in [3.8, 4) is 0 Å². The van der Waals surface area contributed by atoms with Gasteiger partial charge in [-0.1, -0.05) is 22.0 Å². The van der Waals surface area contributed by atoms with Crippen molar-refractivity contribution in [2.75, 3.05) is 19.4 Å². The van der Waals surface area contributed by atoms with E-state index in [9.17, 15) is 9.59 Å². The van der Waals surface area contributed by atoms with E-state index in [-0.39, 0.29) is 16.6 Å². The molecule has 0 saturated carbocycles. The van der Waals surface area contributed by atoms with E-state index in [0.717, 1.165) is 0 Å². The molecule has 1 atom stereocenters. The molecule has 1 aromatic carbocycles. The zero-order valence-electron chi connectivity index (χ0n) is 10.0. The molecule has 0 aliphatic heterocycles. The summed E-state index contributed by atoms with van der Waals surface area (Å²) in [7, 11) is 3.38. The molecule has 4 nitrogen and oxygen atoms in total. The van der Waals surface area contributed by atoms with E-state index in [1.165, 1.54) is 4.90 Å². The Labute approximate surface area is 109 Å². The van der Waals surface area contributed by atoms with Gasteiger partial charge in [0.15, 0.2) is 0 Å². The van der Waals surface area contributed by atoms with E-state index in [1.54, 1.807) is 45.3 Å². The Bertz CT molecular complexity index is 430. The molecule has 0 fully saturated rings. The Kier molecular flexibility index (Phi) is 4.69. The molecule has 0 aromatic heterocycles. The van der Waals surface area contributed by atoms with Crippen LogP contribution in [0.4, 0.5) is 5.69 Å². The average molecular weight is 299 g/mol. The Hall–Kier alpha value is -1.36. The van der Waals surface area contributed by atoms with Crippen LogP contribution in [0.5, 0.6) is 0 Å². The number of rotatable bonds is 3. The van der Waals surface area contributed by atoms with Crippen molar-refractivity contribution in [3.05, 3.63) is 29.8 Å². The number of hydrogen-bond donors (Lipinski definition) is 1. The van der Waals surface area contributed by atoms with Crippen LogP contribution in [0.1, 0.15) is 17.3 Å². The monoisotopic (exact) mass is 298 g/mol. The third-order valence-electron chi connectivity index (χ3n) is 2.14. The molecule has 17 heavy (non-hydrogen) atoms. The molecule has 1 rings (SSSR count). The largest absolute Gasteiger partial charge is 0.345 e. The second kappa shape index (κ2) is 5.82. The smallest absolute Gasteiger partial charge is 0.253 e. The number of nitrogens with one attached hydrogen (secondary N) is 1. The summed E-state index contributed by atoms with van der Waals surface area (Å²) in [6.45, 7) is 1.74. The van der Waals surface area contributed by atoms with Crippen molar-refractivity contribution in [3.63, 3.8) is 0 Å². The number of halogens is 1. The first-order chi connectivity index (χ1) is 7.91. The summed E-state index contributed by atoms with van der Waals surface area (Å²) in [5, 5.41) is 2.72. The lowest BCUT2D eigenvalue weighted by Gasteiger charge is -2.12. The molecule has 2 amide bonds. The highest BCUT2D eigenvalue weighted by Gasteiger charge is 2.11. The number of anilines is 1. The predicted molar refractivity (Wildman–Crippen MR) is 71.5 cm³/mol. The number of alkyl halides is 1. The fourth-order valence-corrected chi connectivity index (χ4v) is 1.34. The molecular weight excluding hydrogens is 284 g/mol. The summed E-state index contributed by atoms with van der Waals surface area (Å²) >= 11 is 3.18. The first-order valence-electron chi connectivity index (χ1n) is 5.18. The van der Waals surface area contributed by atoms with Gasteiger partial charge in [-0.3, -0.25) is 9.59 Å². The van der Waals surface area contributed by atoms with Crippen molar-refractivity contribution in [2.24, 2.45) is 0 Å².